The second-order valence-corrected chi connectivity index (χ2v) is 6.21. The maximum absolute atomic E-state index is 10.1. The molecule has 2 unspecified atom stereocenters. The summed E-state index contributed by atoms with van der Waals surface area (Å²) in [5.41, 5.74) is 2.76. The van der Waals surface area contributed by atoms with Gasteiger partial charge in [0, 0.05) is 37.6 Å². The summed E-state index contributed by atoms with van der Waals surface area (Å²) in [6.07, 6.45) is 4.56. The van der Waals surface area contributed by atoms with Gasteiger partial charge in [-0.1, -0.05) is 18.2 Å². The quantitative estimate of drug-likeness (QED) is 0.769. The lowest BCUT2D eigenvalue weighted by Crippen LogP contribution is -2.39. The van der Waals surface area contributed by atoms with Crippen molar-refractivity contribution in [1.82, 2.24) is 15.3 Å². The molecular weight excluding hydrogens is 304 g/mol. The Labute approximate surface area is 142 Å². The monoisotopic (exact) mass is 328 g/mol. The molecule has 3 rings (SSSR count). The van der Waals surface area contributed by atoms with Gasteiger partial charge in [0.15, 0.2) is 0 Å². The molecule has 0 aliphatic carbocycles. The number of aliphatic hydroxyl groups excluding tert-OH is 2. The average Bonchev–Trinajstić information content (AvgIpc) is 2.62. The van der Waals surface area contributed by atoms with Crippen LogP contribution in [0.3, 0.4) is 0 Å². The topological polar surface area (TPSA) is 81.5 Å². The molecule has 0 bridgehead atoms. The van der Waals surface area contributed by atoms with Crippen molar-refractivity contribution < 1.29 is 10.2 Å². The summed E-state index contributed by atoms with van der Waals surface area (Å²) in [6, 6.07) is 7.79. The maximum Gasteiger partial charge on any atom is 0.225 e. The Bertz CT molecular complexity index is 662. The molecule has 2 aromatic rings. The largest absolute Gasteiger partial charge is 0.391 e. The van der Waals surface area contributed by atoms with Gasteiger partial charge in [0.25, 0.3) is 0 Å². The fraction of sp³-hybridized carbons (Fsp3) is 0.444. The SMILES string of the molecule is CNCC(O)c1cccc(-c2cnc(N3CCCC(O)C3)nc2)c1. The van der Waals surface area contributed by atoms with E-state index in [1.54, 1.807) is 12.4 Å². The molecule has 1 saturated heterocycles. The first-order chi connectivity index (χ1) is 11.7. The number of aliphatic hydroxyl groups is 2. The summed E-state index contributed by atoms with van der Waals surface area (Å²) in [5.74, 6) is 0.656. The first kappa shape index (κ1) is 16.8. The lowest BCUT2D eigenvalue weighted by Gasteiger charge is -2.29. The van der Waals surface area contributed by atoms with Crippen LogP contribution < -0.4 is 10.2 Å². The van der Waals surface area contributed by atoms with E-state index in [0.717, 1.165) is 36.1 Å². The predicted molar refractivity (Wildman–Crippen MR) is 93.8 cm³/mol. The molecule has 2 atom stereocenters. The van der Waals surface area contributed by atoms with E-state index in [2.05, 4.69) is 15.3 Å². The van der Waals surface area contributed by atoms with Crippen molar-refractivity contribution in [2.75, 3.05) is 31.6 Å². The smallest absolute Gasteiger partial charge is 0.225 e. The molecule has 128 valence electrons. The third kappa shape index (κ3) is 3.90. The molecule has 1 aromatic heterocycles. The molecule has 6 heteroatoms. The molecule has 1 aliphatic rings. The number of aromatic nitrogens is 2. The fourth-order valence-electron chi connectivity index (χ4n) is 3.01. The highest BCUT2D eigenvalue weighted by molar-refractivity contribution is 5.63. The minimum Gasteiger partial charge on any atom is -0.391 e. The Hall–Kier alpha value is -2.02. The predicted octanol–water partition coefficient (Wildman–Crippen LogP) is 1.36. The van der Waals surface area contributed by atoms with Crippen molar-refractivity contribution in [3.05, 3.63) is 42.2 Å². The normalized spacial score (nSPS) is 19.3. The lowest BCUT2D eigenvalue weighted by atomic mass is 10.0. The maximum atomic E-state index is 10.1. The molecule has 3 N–H and O–H groups in total. The van der Waals surface area contributed by atoms with Crippen LogP contribution >= 0.6 is 0 Å². The molecule has 0 spiro atoms. The van der Waals surface area contributed by atoms with Gasteiger partial charge in [-0.15, -0.1) is 0 Å². The van der Waals surface area contributed by atoms with Gasteiger partial charge >= 0.3 is 0 Å². The molecule has 1 aromatic carbocycles. The summed E-state index contributed by atoms with van der Waals surface area (Å²) < 4.78 is 0. The van der Waals surface area contributed by atoms with E-state index < -0.39 is 6.10 Å². The van der Waals surface area contributed by atoms with Gasteiger partial charge in [0.2, 0.25) is 5.95 Å². The summed E-state index contributed by atoms with van der Waals surface area (Å²) in [6.45, 7) is 1.98. The Morgan fingerprint density at radius 1 is 1.29 bits per heavy atom. The van der Waals surface area contributed by atoms with Crippen LogP contribution in [0.2, 0.25) is 0 Å². The number of β-amino-alcohol motifs (C(OH)–C–C–N with tert-alkyl or cyclic N) is 1. The molecule has 2 heterocycles. The van der Waals surface area contributed by atoms with Crippen molar-refractivity contribution in [2.45, 2.75) is 25.0 Å². The lowest BCUT2D eigenvalue weighted by molar-refractivity contribution is 0.153. The van der Waals surface area contributed by atoms with Crippen LogP contribution in [0.25, 0.3) is 11.1 Å². The fourth-order valence-corrected chi connectivity index (χ4v) is 3.01. The van der Waals surface area contributed by atoms with E-state index in [1.807, 2.05) is 36.2 Å². The van der Waals surface area contributed by atoms with Crippen LogP contribution in [-0.4, -0.2) is 53.0 Å². The minimum atomic E-state index is -0.537. The highest BCUT2D eigenvalue weighted by Crippen LogP contribution is 2.24. The number of rotatable bonds is 5. The summed E-state index contributed by atoms with van der Waals surface area (Å²) in [4.78, 5) is 10.9. The van der Waals surface area contributed by atoms with Gasteiger partial charge in [-0.25, -0.2) is 9.97 Å². The van der Waals surface area contributed by atoms with Crippen LogP contribution in [0.15, 0.2) is 36.7 Å². The summed E-state index contributed by atoms with van der Waals surface area (Å²) in [7, 11) is 1.82. The van der Waals surface area contributed by atoms with Crippen LogP contribution in [0.1, 0.15) is 24.5 Å². The molecule has 0 saturated carbocycles. The zero-order chi connectivity index (χ0) is 16.9. The number of nitrogens with zero attached hydrogens (tertiary/aromatic N) is 3. The number of piperidine rings is 1. The number of hydrogen-bond donors (Lipinski definition) is 3. The number of likely N-dealkylation sites (N-methyl/N-ethyl adjacent to an activating group) is 1. The molecule has 0 amide bonds. The average molecular weight is 328 g/mol. The van der Waals surface area contributed by atoms with Gasteiger partial charge in [-0.05, 0) is 37.1 Å². The van der Waals surface area contributed by atoms with E-state index in [0.29, 0.717) is 19.0 Å². The van der Waals surface area contributed by atoms with E-state index in [9.17, 15) is 10.2 Å². The molecule has 6 nitrogen and oxygen atoms in total. The van der Waals surface area contributed by atoms with Gasteiger partial charge in [0.05, 0.1) is 12.2 Å². The van der Waals surface area contributed by atoms with Gasteiger partial charge in [-0.3, -0.25) is 0 Å². The third-order valence-corrected chi connectivity index (χ3v) is 4.32. The van der Waals surface area contributed by atoms with E-state index in [4.69, 9.17) is 0 Å². The van der Waals surface area contributed by atoms with Crippen LogP contribution in [0.4, 0.5) is 5.95 Å². The first-order valence-electron chi connectivity index (χ1n) is 8.35. The van der Waals surface area contributed by atoms with E-state index in [1.165, 1.54) is 0 Å². The number of anilines is 1. The van der Waals surface area contributed by atoms with Crippen molar-refractivity contribution in [3.63, 3.8) is 0 Å². The Balaban J connectivity index is 1.77. The van der Waals surface area contributed by atoms with Crippen LogP contribution in [0, 0.1) is 0 Å². The first-order valence-corrected chi connectivity index (χ1v) is 8.35. The van der Waals surface area contributed by atoms with Gasteiger partial charge < -0.3 is 20.4 Å². The second-order valence-electron chi connectivity index (χ2n) is 6.21. The highest BCUT2D eigenvalue weighted by Gasteiger charge is 2.19. The third-order valence-electron chi connectivity index (χ3n) is 4.32. The minimum absolute atomic E-state index is 0.299. The second kappa shape index (κ2) is 7.70. The van der Waals surface area contributed by atoms with Crippen molar-refractivity contribution >= 4 is 5.95 Å². The van der Waals surface area contributed by atoms with Crippen molar-refractivity contribution in [1.29, 1.82) is 0 Å². The summed E-state index contributed by atoms with van der Waals surface area (Å²) in [5, 5.41) is 22.9. The zero-order valence-electron chi connectivity index (χ0n) is 13.9. The van der Waals surface area contributed by atoms with Gasteiger partial charge in [-0.2, -0.15) is 0 Å². The Morgan fingerprint density at radius 3 is 2.79 bits per heavy atom. The van der Waals surface area contributed by atoms with Crippen molar-refractivity contribution in [3.8, 4) is 11.1 Å². The van der Waals surface area contributed by atoms with E-state index in [-0.39, 0.29) is 6.10 Å². The highest BCUT2D eigenvalue weighted by atomic mass is 16.3. The molecule has 0 radical (unpaired) electrons. The number of nitrogens with one attached hydrogen (secondary N) is 1. The van der Waals surface area contributed by atoms with Crippen LogP contribution in [0.5, 0.6) is 0 Å². The number of benzene rings is 1. The summed E-state index contributed by atoms with van der Waals surface area (Å²) >= 11 is 0. The van der Waals surface area contributed by atoms with Crippen LogP contribution in [-0.2, 0) is 0 Å². The molecular formula is C18H24N4O2. The van der Waals surface area contributed by atoms with E-state index >= 15 is 0 Å². The number of hydrogen-bond acceptors (Lipinski definition) is 6. The molecule has 24 heavy (non-hydrogen) atoms. The Kier molecular flexibility index (Phi) is 5.40. The Morgan fingerprint density at radius 2 is 2.08 bits per heavy atom. The van der Waals surface area contributed by atoms with Gasteiger partial charge in [0.1, 0.15) is 0 Å². The van der Waals surface area contributed by atoms with Crippen molar-refractivity contribution in [2.24, 2.45) is 0 Å². The molecule has 1 fully saturated rings. The molecule has 1 aliphatic heterocycles. The zero-order valence-corrected chi connectivity index (χ0v) is 13.9. The standard InChI is InChI=1S/C18H24N4O2/c1-19-11-17(24)14-5-2-4-13(8-14)15-9-20-18(21-10-15)22-7-3-6-16(23)12-22/h2,4-5,8-10,16-17,19,23-24H,3,6-7,11-12H2,1H3.